The van der Waals surface area contributed by atoms with E-state index in [1.807, 2.05) is 18.2 Å². The molecule has 1 fully saturated rings. The Kier molecular flexibility index (Phi) is 4.94. The van der Waals surface area contributed by atoms with Gasteiger partial charge in [0.15, 0.2) is 11.5 Å². The minimum Gasteiger partial charge on any atom is -0.486 e. The SMILES string of the molecule is O=C(CN1CCC[C@@H]1c1ccc2c(c1)OCCO2)Nc1ccc(F)cc1F. The topological polar surface area (TPSA) is 50.8 Å². The van der Waals surface area contributed by atoms with Gasteiger partial charge in [0.2, 0.25) is 5.91 Å². The van der Waals surface area contributed by atoms with Crippen LogP contribution in [0.3, 0.4) is 0 Å². The summed E-state index contributed by atoms with van der Waals surface area (Å²) in [6.07, 6.45) is 1.90. The van der Waals surface area contributed by atoms with Gasteiger partial charge in [-0.2, -0.15) is 0 Å². The van der Waals surface area contributed by atoms with Crippen LogP contribution in [0.5, 0.6) is 11.5 Å². The molecule has 1 atom stereocenters. The molecule has 0 unspecified atom stereocenters. The number of halogens is 2. The summed E-state index contributed by atoms with van der Waals surface area (Å²) < 4.78 is 37.9. The van der Waals surface area contributed by atoms with Crippen LogP contribution >= 0.6 is 0 Å². The van der Waals surface area contributed by atoms with Crippen molar-refractivity contribution in [2.75, 3.05) is 31.6 Å². The number of carbonyl (C=O) groups is 1. The fourth-order valence-electron chi connectivity index (χ4n) is 3.63. The van der Waals surface area contributed by atoms with Crippen LogP contribution in [0, 0.1) is 11.6 Å². The monoisotopic (exact) mass is 374 g/mol. The smallest absolute Gasteiger partial charge is 0.238 e. The fraction of sp³-hybridized carbons (Fsp3) is 0.350. The summed E-state index contributed by atoms with van der Waals surface area (Å²) in [5, 5.41) is 2.52. The zero-order chi connectivity index (χ0) is 18.8. The second kappa shape index (κ2) is 7.52. The molecule has 142 valence electrons. The molecule has 0 aliphatic carbocycles. The van der Waals surface area contributed by atoms with Gasteiger partial charge in [-0.25, -0.2) is 8.78 Å². The van der Waals surface area contributed by atoms with Gasteiger partial charge in [-0.1, -0.05) is 6.07 Å². The van der Waals surface area contributed by atoms with E-state index >= 15 is 0 Å². The Balaban J connectivity index is 1.44. The van der Waals surface area contributed by atoms with Crippen LogP contribution in [-0.4, -0.2) is 37.1 Å². The minimum absolute atomic E-state index is 0.0172. The van der Waals surface area contributed by atoms with Crippen LogP contribution in [0.2, 0.25) is 0 Å². The van der Waals surface area contributed by atoms with Gasteiger partial charge in [-0.05, 0) is 49.2 Å². The van der Waals surface area contributed by atoms with Gasteiger partial charge in [0, 0.05) is 12.1 Å². The summed E-state index contributed by atoms with van der Waals surface area (Å²) in [5.74, 6) is -0.329. The molecule has 2 aliphatic rings. The molecule has 7 heteroatoms. The van der Waals surface area contributed by atoms with E-state index < -0.39 is 11.6 Å². The van der Waals surface area contributed by atoms with E-state index in [2.05, 4.69) is 10.2 Å². The van der Waals surface area contributed by atoms with Crippen molar-refractivity contribution < 1.29 is 23.0 Å². The van der Waals surface area contributed by atoms with Gasteiger partial charge in [-0.3, -0.25) is 9.69 Å². The van der Waals surface area contributed by atoms with Crippen LogP contribution in [0.15, 0.2) is 36.4 Å². The van der Waals surface area contributed by atoms with Crippen molar-refractivity contribution in [3.8, 4) is 11.5 Å². The lowest BCUT2D eigenvalue weighted by Crippen LogP contribution is -2.33. The van der Waals surface area contributed by atoms with E-state index in [-0.39, 0.29) is 24.2 Å². The lowest BCUT2D eigenvalue weighted by atomic mass is 10.0. The normalized spacial score (nSPS) is 19.1. The Morgan fingerprint density at radius 2 is 1.93 bits per heavy atom. The molecule has 0 saturated carbocycles. The third-order valence-corrected chi connectivity index (χ3v) is 4.87. The van der Waals surface area contributed by atoms with Gasteiger partial charge in [0.25, 0.3) is 0 Å². The van der Waals surface area contributed by atoms with E-state index in [4.69, 9.17) is 9.47 Å². The van der Waals surface area contributed by atoms with Crippen LogP contribution in [0.25, 0.3) is 0 Å². The van der Waals surface area contributed by atoms with Crippen molar-refractivity contribution in [3.05, 3.63) is 53.6 Å². The van der Waals surface area contributed by atoms with Crippen LogP contribution < -0.4 is 14.8 Å². The van der Waals surface area contributed by atoms with Gasteiger partial charge in [0.1, 0.15) is 24.8 Å². The Bertz CT molecular complexity index is 859. The first kappa shape index (κ1) is 17.7. The number of rotatable bonds is 4. The number of likely N-dealkylation sites (tertiary alicyclic amines) is 1. The van der Waals surface area contributed by atoms with Crippen molar-refractivity contribution in [2.24, 2.45) is 0 Å². The highest BCUT2D eigenvalue weighted by atomic mass is 19.1. The van der Waals surface area contributed by atoms with Crippen molar-refractivity contribution in [2.45, 2.75) is 18.9 Å². The van der Waals surface area contributed by atoms with E-state index in [9.17, 15) is 13.6 Å². The highest BCUT2D eigenvalue weighted by molar-refractivity contribution is 5.92. The Morgan fingerprint density at radius 1 is 1.11 bits per heavy atom. The van der Waals surface area contributed by atoms with Crippen LogP contribution in [-0.2, 0) is 4.79 Å². The predicted octanol–water partition coefficient (Wildman–Crippen LogP) is 3.51. The number of fused-ring (bicyclic) bond motifs is 1. The maximum Gasteiger partial charge on any atom is 0.238 e. The van der Waals surface area contributed by atoms with E-state index in [0.717, 1.165) is 48.6 Å². The molecule has 1 saturated heterocycles. The zero-order valence-corrected chi connectivity index (χ0v) is 14.7. The highest BCUT2D eigenvalue weighted by Gasteiger charge is 2.29. The molecule has 0 spiro atoms. The van der Waals surface area contributed by atoms with Gasteiger partial charge in [-0.15, -0.1) is 0 Å². The van der Waals surface area contributed by atoms with Crippen molar-refractivity contribution >= 4 is 11.6 Å². The number of hydrogen-bond acceptors (Lipinski definition) is 4. The Morgan fingerprint density at radius 3 is 2.74 bits per heavy atom. The molecule has 2 aromatic carbocycles. The van der Waals surface area contributed by atoms with Crippen molar-refractivity contribution in [1.82, 2.24) is 4.90 Å². The first-order valence-corrected chi connectivity index (χ1v) is 8.98. The lowest BCUT2D eigenvalue weighted by molar-refractivity contribution is -0.117. The molecule has 4 rings (SSSR count). The lowest BCUT2D eigenvalue weighted by Gasteiger charge is -2.26. The summed E-state index contributed by atoms with van der Waals surface area (Å²) in [6, 6.07) is 9.04. The standard InChI is InChI=1S/C20H20F2N2O3/c21-14-4-5-16(15(22)11-14)23-20(25)12-24-7-1-2-17(24)13-3-6-18-19(10-13)27-9-8-26-18/h3-6,10-11,17H,1-2,7-9,12H2,(H,23,25)/t17-/m1/s1. The molecule has 0 bridgehead atoms. The number of benzene rings is 2. The van der Waals surface area contributed by atoms with Crippen LogP contribution in [0.4, 0.5) is 14.5 Å². The largest absolute Gasteiger partial charge is 0.486 e. The maximum atomic E-state index is 13.7. The summed E-state index contributed by atoms with van der Waals surface area (Å²) in [7, 11) is 0. The average molecular weight is 374 g/mol. The van der Waals surface area contributed by atoms with Crippen molar-refractivity contribution in [3.63, 3.8) is 0 Å². The summed E-state index contributed by atoms with van der Waals surface area (Å²) in [6.45, 7) is 1.98. The summed E-state index contributed by atoms with van der Waals surface area (Å²) in [5.41, 5.74) is 1.05. The maximum absolute atomic E-state index is 13.7. The minimum atomic E-state index is -0.784. The molecular formula is C20H20F2N2O3. The van der Waals surface area contributed by atoms with Gasteiger partial charge in [0.05, 0.1) is 12.2 Å². The Hall–Kier alpha value is -2.67. The first-order chi connectivity index (χ1) is 13.1. The van der Waals surface area contributed by atoms with Crippen molar-refractivity contribution in [1.29, 1.82) is 0 Å². The number of hydrogen-bond donors (Lipinski definition) is 1. The molecule has 5 nitrogen and oxygen atoms in total. The van der Waals surface area contributed by atoms with Crippen LogP contribution in [0.1, 0.15) is 24.4 Å². The first-order valence-electron chi connectivity index (χ1n) is 8.98. The van der Waals surface area contributed by atoms with E-state index in [1.165, 1.54) is 6.07 Å². The highest BCUT2D eigenvalue weighted by Crippen LogP contribution is 2.37. The second-order valence-corrected chi connectivity index (χ2v) is 6.70. The van der Waals surface area contributed by atoms with E-state index in [0.29, 0.717) is 13.2 Å². The molecule has 2 aromatic rings. The Labute approximate surface area is 155 Å². The second-order valence-electron chi connectivity index (χ2n) is 6.70. The number of anilines is 1. The number of nitrogens with one attached hydrogen (secondary N) is 1. The van der Waals surface area contributed by atoms with E-state index in [1.54, 1.807) is 0 Å². The molecule has 0 aromatic heterocycles. The third-order valence-electron chi connectivity index (χ3n) is 4.87. The predicted molar refractivity (Wildman–Crippen MR) is 96.0 cm³/mol. The molecule has 2 heterocycles. The average Bonchev–Trinajstić information content (AvgIpc) is 3.11. The molecule has 2 aliphatic heterocycles. The third kappa shape index (κ3) is 3.88. The molecular weight excluding hydrogens is 354 g/mol. The molecule has 1 amide bonds. The zero-order valence-electron chi connectivity index (χ0n) is 14.7. The quantitative estimate of drug-likeness (QED) is 0.890. The molecule has 1 N–H and O–H groups in total. The molecule has 27 heavy (non-hydrogen) atoms. The number of carbonyl (C=O) groups excluding carboxylic acids is 1. The summed E-state index contributed by atoms with van der Waals surface area (Å²) in [4.78, 5) is 14.4. The number of nitrogens with zero attached hydrogens (tertiary/aromatic N) is 1. The number of amides is 1. The molecule has 0 radical (unpaired) electrons. The number of ether oxygens (including phenoxy) is 2. The fourth-order valence-corrected chi connectivity index (χ4v) is 3.63. The van der Waals surface area contributed by atoms with Gasteiger partial charge < -0.3 is 14.8 Å². The van der Waals surface area contributed by atoms with Gasteiger partial charge >= 0.3 is 0 Å². The summed E-state index contributed by atoms with van der Waals surface area (Å²) >= 11 is 0.